The zero-order valence-electron chi connectivity index (χ0n) is 19.0. The molecule has 1 aliphatic carbocycles. The first-order valence-corrected chi connectivity index (χ1v) is 12.0. The van der Waals surface area contributed by atoms with E-state index in [2.05, 4.69) is 5.32 Å². The Bertz CT molecular complexity index is 944. The van der Waals surface area contributed by atoms with Crippen molar-refractivity contribution >= 4 is 23.5 Å². The van der Waals surface area contributed by atoms with Crippen molar-refractivity contribution in [3.05, 3.63) is 65.7 Å². The highest BCUT2D eigenvalue weighted by atomic mass is 16.5. The summed E-state index contributed by atoms with van der Waals surface area (Å²) in [6.07, 6.45) is 7.38. The van der Waals surface area contributed by atoms with E-state index in [1.165, 1.54) is 37.7 Å². The van der Waals surface area contributed by atoms with Crippen LogP contribution in [0.5, 0.6) is 0 Å². The number of nitrogens with one attached hydrogen (secondary N) is 1. The normalized spacial score (nSPS) is 17.4. The highest BCUT2D eigenvalue weighted by Gasteiger charge is 2.29. The lowest BCUT2D eigenvalue weighted by Gasteiger charge is -2.30. The molecule has 2 aromatic carbocycles. The molecule has 0 aromatic heterocycles. The van der Waals surface area contributed by atoms with Crippen LogP contribution < -0.4 is 5.32 Å². The lowest BCUT2D eigenvalue weighted by molar-refractivity contribution is -0.148. The molecule has 2 amide bonds. The average molecular weight is 449 g/mol. The number of carbonyl (C=O) groups excluding carboxylic acids is 3. The monoisotopic (exact) mass is 448 g/mol. The SMILES string of the molecule is O=C(COC(=O)C1CCN(C(=O)Nc2ccccc2)CC1)c1ccc(C2CCCCC2)cc1. The number of nitrogens with zero attached hydrogens (tertiary/aromatic N) is 1. The maximum atomic E-state index is 12.5. The Morgan fingerprint density at radius 1 is 0.848 bits per heavy atom. The minimum atomic E-state index is -0.356. The maximum absolute atomic E-state index is 12.5. The Hall–Kier alpha value is -3.15. The van der Waals surface area contributed by atoms with Crippen LogP contribution in [0.3, 0.4) is 0 Å². The van der Waals surface area contributed by atoms with E-state index in [9.17, 15) is 14.4 Å². The summed E-state index contributed by atoms with van der Waals surface area (Å²) in [5, 5.41) is 2.86. The summed E-state index contributed by atoms with van der Waals surface area (Å²) in [7, 11) is 0. The maximum Gasteiger partial charge on any atom is 0.321 e. The molecule has 1 N–H and O–H groups in total. The van der Waals surface area contributed by atoms with Gasteiger partial charge in [0, 0.05) is 24.3 Å². The minimum Gasteiger partial charge on any atom is -0.457 e. The average Bonchev–Trinajstić information content (AvgIpc) is 2.88. The van der Waals surface area contributed by atoms with E-state index in [1.807, 2.05) is 54.6 Å². The number of amides is 2. The zero-order chi connectivity index (χ0) is 23.0. The van der Waals surface area contributed by atoms with E-state index in [0.717, 1.165) is 5.69 Å². The molecule has 174 valence electrons. The van der Waals surface area contributed by atoms with Crippen molar-refractivity contribution in [2.75, 3.05) is 25.0 Å². The van der Waals surface area contributed by atoms with Gasteiger partial charge in [0.25, 0.3) is 0 Å². The first-order chi connectivity index (χ1) is 16.1. The summed E-state index contributed by atoms with van der Waals surface area (Å²) >= 11 is 0. The quantitative estimate of drug-likeness (QED) is 0.474. The standard InChI is InChI=1S/C27H32N2O4/c30-25(22-13-11-21(12-14-22)20-7-3-1-4-8-20)19-33-26(31)23-15-17-29(18-16-23)27(32)28-24-9-5-2-6-10-24/h2,5-6,9-14,20,23H,1,3-4,7-8,15-19H2,(H,28,32). The van der Waals surface area contributed by atoms with E-state index in [4.69, 9.17) is 4.74 Å². The number of hydrogen-bond donors (Lipinski definition) is 1. The number of rotatable bonds is 6. The van der Waals surface area contributed by atoms with E-state index in [-0.39, 0.29) is 30.3 Å². The molecule has 6 nitrogen and oxygen atoms in total. The van der Waals surface area contributed by atoms with Crippen molar-refractivity contribution in [2.45, 2.75) is 50.9 Å². The highest BCUT2D eigenvalue weighted by Crippen LogP contribution is 2.32. The first-order valence-electron chi connectivity index (χ1n) is 12.0. The van der Waals surface area contributed by atoms with Gasteiger partial charge in [-0.25, -0.2) is 4.79 Å². The third-order valence-corrected chi connectivity index (χ3v) is 6.80. The van der Waals surface area contributed by atoms with Crippen molar-refractivity contribution < 1.29 is 19.1 Å². The van der Waals surface area contributed by atoms with Gasteiger partial charge < -0.3 is 15.0 Å². The van der Waals surface area contributed by atoms with Gasteiger partial charge in [0.2, 0.25) is 0 Å². The number of carbonyl (C=O) groups is 3. The van der Waals surface area contributed by atoms with Gasteiger partial charge in [-0.2, -0.15) is 0 Å². The van der Waals surface area contributed by atoms with Crippen molar-refractivity contribution in [1.29, 1.82) is 0 Å². The number of anilines is 1. The van der Waals surface area contributed by atoms with Crippen LogP contribution in [0.25, 0.3) is 0 Å². The van der Waals surface area contributed by atoms with Crippen LogP contribution in [-0.4, -0.2) is 42.4 Å². The molecule has 1 aliphatic heterocycles. The van der Waals surface area contributed by atoms with Crippen LogP contribution in [0.4, 0.5) is 10.5 Å². The zero-order valence-corrected chi connectivity index (χ0v) is 19.0. The number of ketones is 1. The molecule has 4 rings (SSSR count). The molecule has 2 aliphatic rings. The van der Waals surface area contributed by atoms with E-state index < -0.39 is 0 Å². The number of piperidine rings is 1. The molecule has 33 heavy (non-hydrogen) atoms. The molecule has 0 radical (unpaired) electrons. The van der Waals surface area contributed by atoms with Crippen molar-refractivity contribution in [1.82, 2.24) is 4.90 Å². The third kappa shape index (κ3) is 6.21. The van der Waals surface area contributed by atoms with Gasteiger partial charge in [0.1, 0.15) is 0 Å². The van der Waals surface area contributed by atoms with Gasteiger partial charge in [-0.05, 0) is 49.3 Å². The second-order valence-corrected chi connectivity index (χ2v) is 9.05. The number of para-hydroxylation sites is 1. The molecular weight excluding hydrogens is 416 g/mol. The van der Waals surface area contributed by atoms with Crippen molar-refractivity contribution in [3.8, 4) is 0 Å². The second kappa shape index (κ2) is 11.1. The molecule has 0 atom stereocenters. The number of Topliss-reactive ketones (excluding diaryl/α,β-unsaturated/α-hetero) is 1. The van der Waals surface area contributed by atoms with Gasteiger partial charge >= 0.3 is 12.0 Å². The number of ether oxygens (including phenoxy) is 1. The van der Waals surface area contributed by atoms with Crippen LogP contribution in [0.15, 0.2) is 54.6 Å². The van der Waals surface area contributed by atoms with Crippen LogP contribution in [0.1, 0.15) is 66.8 Å². The second-order valence-electron chi connectivity index (χ2n) is 9.05. The number of esters is 1. The Morgan fingerprint density at radius 2 is 1.52 bits per heavy atom. The predicted octanol–water partition coefficient (Wildman–Crippen LogP) is 5.40. The topological polar surface area (TPSA) is 75.7 Å². The Balaban J connectivity index is 1.20. The molecule has 2 aromatic rings. The van der Waals surface area contributed by atoms with Gasteiger partial charge in [-0.15, -0.1) is 0 Å². The summed E-state index contributed by atoms with van der Waals surface area (Å²) in [5.41, 5.74) is 2.62. The van der Waals surface area contributed by atoms with Gasteiger partial charge in [0.05, 0.1) is 5.92 Å². The molecule has 0 unspecified atom stereocenters. The predicted molar refractivity (Wildman–Crippen MR) is 127 cm³/mol. The smallest absolute Gasteiger partial charge is 0.321 e. The number of benzene rings is 2. The molecule has 0 spiro atoms. The van der Waals surface area contributed by atoms with Crippen molar-refractivity contribution in [3.63, 3.8) is 0 Å². The molecule has 1 saturated heterocycles. The van der Waals surface area contributed by atoms with E-state index in [1.54, 1.807) is 4.90 Å². The number of urea groups is 1. The summed E-state index contributed by atoms with van der Waals surface area (Å²) in [6.45, 7) is 0.723. The first kappa shape index (κ1) is 23.0. The Kier molecular flexibility index (Phi) is 7.76. The van der Waals surface area contributed by atoms with Gasteiger partial charge in [-0.3, -0.25) is 9.59 Å². The summed E-state index contributed by atoms with van der Waals surface area (Å²) in [4.78, 5) is 39.1. The van der Waals surface area contributed by atoms with Crippen LogP contribution in [-0.2, 0) is 9.53 Å². The van der Waals surface area contributed by atoms with Crippen LogP contribution >= 0.6 is 0 Å². The molecule has 6 heteroatoms. The summed E-state index contributed by atoms with van der Waals surface area (Å²) in [6, 6.07) is 16.9. The molecule has 0 bridgehead atoms. The Morgan fingerprint density at radius 3 is 2.18 bits per heavy atom. The lowest BCUT2D eigenvalue weighted by atomic mass is 9.84. The number of hydrogen-bond acceptors (Lipinski definition) is 4. The van der Waals surface area contributed by atoms with E-state index >= 15 is 0 Å². The van der Waals surface area contributed by atoms with Gasteiger partial charge in [-0.1, -0.05) is 61.7 Å². The minimum absolute atomic E-state index is 0.167. The largest absolute Gasteiger partial charge is 0.457 e. The summed E-state index contributed by atoms with van der Waals surface area (Å²) in [5.74, 6) is -0.225. The Labute approximate surface area is 195 Å². The fraction of sp³-hybridized carbons (Fsp3) is 0.444. The highest BCUT2D eigenvalue weighted by molar-refractivity contribution is 5.98. The number of likely N-dealkylation sites (tertiary alicyclic amines) is 1. The fourth-order valence-corrected chi connectivity index (χ4v) is 4.76. The molecule has 1 heterocycles. The van der Waals surface area contributed by atoms with E-state index in [0.29, 0.717) is 37.4 Å². The summed E-state index contributed by atoms with van der Waals surface area (Å²) < 4.78 is 5.33. The van der Waals surface area contributed by atoms with Crippen LogP contribution in [0.2, 0.25) is 0 Å². The fourth-order valence-electron chi connectivity index (χ4n) is 4.76. The molecule has 1 saturated carbocycles. The molecular formula is C27H32N2O4. The molecule has 2 fully saturated rings. The third-order valence-electron chi connectivity index (χ3n) is 6.80. The van der Waals surface area contributed by atoms with Gasteiger partial charge in [0.15, 0.2) is 12.4 Å². The van der Waals surface area contributed by atoms with Crippen molar-refractivity contribution in [2.24, 2.45) is 5.92 Å². The lowest BCUT2D eigenvalue weighted by Crippen LogP contribution is -2.42. The van der Waals surface area contributed by atoms with Crippen LogP contribution in [0, 0.1) is 5.92 Å².